The van der Waals surface area contributed by atoms with Gasteiger partial charge in [-0.1, -0.05) is 71.9 Å². The number of nitrogens with zero attached hydrogens (tertiary/aromatic N) is 3. The molecule has 0 aliphatic carbocycles. The van der Waals surface area contributed by atoms with Gasteiger partial charge in [0.1, 0.15) is 0 Å². The molecule has 1 amide bonds. The van der Waals surface area contributed by atoms with Gasteiger partial charge in [-0.2, -0.15) is 0 Å². The highest BCUT2D eigenvalue weighted by Gasteiger charge is 2.20. The highest BCUT2D eigenvalue weighted by molar-refractivity contribution is 8.00. The second-order valence-corrected chi connectivity index (χ2v) is 8.51. The van der Waals surface area contributed by atoms with Gasteiger partial charge in [-0.15, -0.1) is 10.2 Å². The number of nitrogens with one attached hydrogen (secondary N) is 1. The van der Waals surface area contributed by atoms with E-state index < -0.39 is 0 Å². The number of thioether (sulfide) groups is 1. The monoisotopic (exact) mass is 417 g/mol. The quantitative estimate of drug-likeness (QED) is 0.363. The number of fused-ring (bicyclic) bond motifs is 1. The Hall–Kier alpha value is -3.32. The Balaban J connectivity index is 1.46. The molecule has 0 saturated heterocycles. The molecule has 1 atom stereocenters. The van der Waals surface area contributed by atoms with Gasteiger partial charge in [0.05, 0.1) is 5.25 Å². The van der Waals surface area contributed by atoms with E-state index in [1.807, 2.05) is 56.3 Å². The van der Waals surface area contributed by atoms with Crippen molar-refractivity contribution < 1.29 is 4.79 Å². The molecule has 7 heteroatoms. The number of hydrogen-bond acceptors (Lipinski definition) is 5. The van der Waals surface area contributed by atoms with Crippen molar-refractivity contribution in [3.8, 4) is 0 Å². The molecule has 152 valence electrons. The van der Waals surface area contributed by atoms with Crippen LogP contribution < -0.4 is 11.2 Å². The van der Waals surface area contributed by atoms with Gasteiger partial charge in [0.2, 0.25) is 11.1 Å². The van der Waals surface area contributed by atoms with E-state index in [0.29, 0.717) is 17.4 Å². The Morgan fingerprint density at radius 2 is 1.80 bits per heavy atom. The maximum atomic E-state index is 12.5. The average Bonchev–Trinajstić information content (AvgIpc) is 3.09. The lowest BCUT2D eigenvalue weighted by atomic mass is 10.0. The number of anilines is 1. The minimum absolute atomic E-state index is 0.109. The van der Waals surface area contributed by atoms with E-state index in [2.05, 4.69) is 39.8 Å². The lowest BCUT2D eigenvalue weighted by molar-refractivity contribution is -0.115. The molecule has 3 aromatic carbocycles. The predicted octanol–water partition coefficient (Wildman–Crippen LogP) is 4.16. The topological polar surface area (TPSA) is 85.8 Å². The van der Waals surface area contributed by atoms with Crippen molar-refractivity contribution in [2.75, 3.05) is 11.2 Å². The van der Waals surface area contributed by atoms with Crippen LogP contribution in [-0.4, -0.2) is 26.0 Å². The van der Waals surface area contributed by atoms with Crippen molar-refractivity contribution in [3.63, 3.8) is 0 Å². The Kier molecular flexibility index (Phi) is 5.72. The Morgan fingerprint density at radius 1 is 1.07 bits per heavy atom. The predicted molar refractivity (Wildman–Crippen MR) is 122 cm³/mol. The summed E-state index contributed by atoms with van der Waals surface area (Å²) in [5, 5.41) is 13.9. The molecule has 4 aromatic rings. The Labute approximate surface area is 179 Å². The molecule has 0 aliphatic heterocycles. The SMILES string of the molecule is Cc1ccc(NC(=O)[C@H](C)Sc2nnc(Cc3cccc4ccccc34)n2N)cc1. The molecule has 0 spiro atoms. The summed E-state index contributed by atoms with van der Waals surface area (Å²) in [6.07, 6.45) is 0.565. The molecule has 3 N–H and O–H groups in total. The van der Waals surface area contributed by atoms with Crippen LogP contribution in [0, 0.1) is 6.92 Å². The third-order valence-corrected chi connectivity index (χ3v) is 5.99. The molecule has 4 rings (SSSR count). The van der Waals surface area contributed by atoms with Crippen LogP contribution in [0.1, 0.15) is 23.9 Å². The van der Waals surface area contributed by atoms with Crippen LogP contribution in [0.4, 0.5) is 5.69 Å². The first kappa shape index (κ1) is 20.0. The molecule has 0 saturated carbocycles. The zero-order valence-electron chi connectivity index (χ0n) is 16.9. The van der Waals surface area contributed by atoms with E-state index >= 15 is 0 Å². The number of aryl methyl sites for hydroxylation is 1. The molecular formula is C23H23N5OS. The fourth-order valence-electron chi connectivity index (χ4n) is 3.22. The first-order valence-corrected chi connectivity index (χ1v) is 10.6. The summed E-state index contributed by atoms with van der Waals surface area (Å²) in [6, 6.07) is 22.1. The smallest absolute Gasteiger partial charge is 0.237 e. The van der Waals surface area contributed by atoms with E-state index in [0.717, 1.165) is 16.8 Å². The molecule has 1 heterocycles. The minimum Gasteiger partial charge on any atom is -0.336 e. The van der Waals surface area contributed by atoms with E-state index in [4.69, 9.17) is 5.84 Å². The van der Waals surface area contributed by atoms with Crippen LogP contribution in [0.5, 0.6) is 0 Å². The van der Waals surface area contributed by atoms with E-state index in [-0.39, 0.29) is 11.2 Å². The number of carbonyl (C=O) groups is 1. The zero-order chi connectivity index (χ0) is 21.1. The molecule has 1 aromatic heterocycles. The third-order valence-electron chi connectivity index (χ3n) is 4.93. The van der Waals surface area contributed by atoms with E-state index in [9.17, 15) is 4.79 Å². The summed E-state index contributed by atoms with van der Waals surface area (Å²) in [5.74, 6) is 6.80. The maximum Gasteiger partial charge on any atom is 0.237 e. The fourth-order valence-corrected chi connectivity index (χ4v) is 4.01. The number of rotatable bonds is 6. The van der Waals surface area contributed by atoms with Gasteiger partial charge in [0, 0.05) is 12.1 Å². The second kappa shape index (κ2) is 8.59. The molecule has 0 bridgehead atoms. The number of amides is 1. The molecule has 0 unspecified atom stereocenters. The summed E-state index contributed by atoms with van der Waals surface area (Å²) in [7, 11) is 0. The number of carbonyl (C=O) groups excluding carboxylic acids is 1. The van der Waals surface area contributed by atoms with Crippen LogP contribution in [0.15, 0.2) is 71.9 Å². The number of aromatic nitrogens is 3. The van der Waals surface area contributed by atoms with Crippen molar-refractivity contribution in [2.24, 2.45) is 0 Å². The van der Waals surface area contributed by atoms with Crippen LogP contribution >= 0.6 is 11.8 Å². The van der Waals surface area contributed by atoms with Crippen molar-refractivity contribution in [1.29, 1.82) is 0 Å². The van der Waals surface area contributed by atoms with Gasteiger partial charge < -0.3 is 11.2 Å². The first-order chi connectivity index (χ1) is 14.5. The summed E-state index contributed by atoms with van der Waals surface area (Å²) >= 11 is 1.29. The van der Waals surface area contributed by atoms with Crippen LogP contribution in [-0.2, 0) is 11.2 Å². The zero-order valence-corrected chi connectivity index (χ0v) is 17.7. The molecule has 0 aliphatic rings. The fraction of sp³-hybridized carbons (Fsp3) is 0.174. The first-order valence-electron chi connectivity index (χ1n) is 9.71. The summed E-state index contributed by atoms with van der Waals surface area (Å²) in [4.78, 5) is 12.5. The van der Waals surface area contributed by atoms with E-state index in [1.165, 1.54) is 27.2 Å². The van der Waals surface area contributed by atoms with Crippen molar-refractivity contribution in [2.45, 2.75) is 30.7 Å². The van der Waals surface area contributed by atoms with Crippen molar-refractivity contribution >= 4 is 34.1 Å². The second-order valence-electron chi connectivity index (χ2n) is 7.20. The summed E-state index contributed by atoms with van der Waals surface area (Å²) < 4.78 is 1.47. The van der Waals surface area contributed by atoms with Crippen LogP contribution in [0.2, 0.25) is 0 Å². The highest BCUT2D eigenvalue weighted by atomic mass is 32.2. The third kappa shape index (κ3) is 4.31. The van der Waals surface area contributed by atoms with Gasteiger partial charge in [-0.25, -0.2) is 4.68 Å². The van der Waals surface area contributed by atoms with Crippen LogP contribution in [0.25, 0.3) is 10.8 Å². The molecular weight excluding hydrogens is 394 g/mol. The standard InChI is InChI=1S/C23H23N5OS/c1-15-10-12-19(13-11-15)25-22(29)16(2)30-23-27-26-21(28(23)24)14-18-8-5-7-17-6-3-4-9-20(17)18/h3-13,16H,14,24H2,1-2H3,(H,25,29)/t16-/m0/s1. The number of nitrogen functional groups attached to an aromatic ring is 1. The van der Waals surface area contributed by atoms with Gasteiger partial charge in [0.15, 0.2) is 5.82 Å². The van der Waals surface area contributed by atoms with Gasteiger partial charge in [0.25, 0.3) is 0 Å². The number of nitrogens with two attached hydrogens (primary N) is 1. The number of benzene rings is 3. The van der Waals surface area contributed by atoms with Crippen LogP contribution in [0.3, 0.4) is 0 Å². The highest BCUT2D eigenvalue weighted by Crippen LogP contribution is 2.25. The van der Waals surface area contributed by atoms with Gasteiger partial charge in [-0.05, 0) is 42.3 Å². The lowest BCUT2D eigenvalue weighted by Crippen LogP contribution is -2.24. The largest absolute Gasteiger partial charge is 0.336 e. The Morgan fingerprint density at radius 3 is 2.60 bits per heavy atom. The van der Waals surface area contributed by atoms with Crippen molar-refractivity contribution in [1.82, 2.24) is 14.9 Å². The molecule has 6 nitrogen and oxygen atoms in total. The Bertz CT molecular complexity index is 1180. The maximum absolute atomic E-state index is 12.5. The van der Waals surface area contributed by atoms with E-state index in [1.54, 1.807) is 0 Å². The normalized spacial score (nSPS) is 12.1. The van der Waals surface area contributed by atoms with Gasteiger partial charge in [-0.3, -0.25) is 4.79 Å². The molecule has 0 fully saturated rings. The van der Waals surface area contributed by atoms with Gasteiger partial charge >= 0.3 is 0 Å². The van der Waals surface area contributed by atoms with Crippen molar-refractivity contribution in [3.05, 3.63) is 83.7 Å². The molecule has 30 heavy (non-hydrogen) atoms. The summed E-state index contributed by atoms with van der Waals surface area (Å²) in [6.45, 7) is 3.83. The minimum atomic E-state index is -0.372. The molecule has 0 radical (unpaired) electrons. The summed E-state index contributed by atoms with van der Waals surface area (Å²) in [5.41, 5.74) is 3.04. The lowest BCUT2D eigenvalue weighted by Gasteiger charge is -2.12. The number of hydrogen-bond donors (Lipinski definition) is 2. The average molecular weight is 418 g/mol.